The number of carbonyl (C=O) groups is 1. The summed E-state index contributed by atoms with van der Waals surface area (Å²) in [7, 11) is 0. The van der Waals surface area contributed by atoms with Crippen molar-refractivity contribution in [2.45, 2.75) is 19.6 Å². The van der Waals surface area contributed by atoms with E-state index in [1.165, 1.54) is 36.4 Å². The van der Waals surface area contributed by atoms with Crippen LogP contribution in [0.1, 0.15) is 23.0 Å². The van der Waals surface area contributed by atoms with Crippen molar-refractivity contribution in [3.8, 4) is 5.69 Å². The lowest BCUT2D eigenvalue weighted by molar-refractivity contribution is 0.0529. The molecule has 160 valence electrons. The first-order valence-corrected chi connectivity index (χ1v) is 9.95. The number of nitrogens with one attached hydrogen (secondary N) is 1. The Bertz CT molecular complexity index is 1120. The van der Waals surface area contributed by atoms with E-state index in [4.69, 9.17) is 4.74 Å². The zero-order valence-corrected chi connectivity index (χ0v) is 17.0. The highest BCUT2D eigenvalue weighted by Crippen LogP contribution is 2.15. The Labute approximate surface area is 178 Å². The molecule has 0 bridgehead atoms. The van der Waals surface area contributed by atoms with Crippen LogP contribution in [-0.4, -0.2) is 46.5 Å². The van der Waals surface area contributed by atoms with Crippen LogP contribution in [0.3, 0.4) is 0 Å². The Morgan fingerprint density at radius 2 is 2.00 bits per heavy atom. The van der Waals surface area contributed by atoms with Crippen molar-refractivity contribution in [2.75, 3.05) is 24.6 Å². The third-order valence-electron chi connectivity index (χ3n) is 4.93. The number of aromatic nitrogens is 3. The van der Waals surface area contributed by atoms with Crippen LogP contribution in [0.2, 0.25) is 0 Å². The van der Waals surface area contributed by atoms with Gasteiger partial charge in [0.2, 0.25) is 0 Å². The fraction of sp³-hybridized carbons (Fsp3) is 0.273. The summed E-state index contributed by atoms with van der Waals surface area (Å²) in [6, 6.07) is 11.8. The molecule has 1 fully saturated rings. The minimum absolute atomic E-state index is 0.0795. The first-order valence-electron chi connectivity index (χ1n) is 9.95. The van der Waals surface area contributed by atoms with Crippen LogP contribution in [0.25, 0.3) is 5.69 Å². The minimum atomic E-state index is -0.429. The summed E-state index contributed by atoms with van der Waals surface area (Å²) in [5.41, 5.74) is 0.875. The van der Waals surface area contributed by atoms with Gasteiger partial charge in [-0.15, -0.1) is 0 Å². The lowest BCUT2D eigenvalue weighted by atomic mass is 10.2. The first-order chi connectivity index (χ1) is 15.0. The van der Waals surface area contributed by atoms with E-state index in [0.717, 1.165) is 29.2 Å². The molecular weight excluding hydrogens is 401 g/mol. The summed E-state index contributed by atoms with van der Waals surface area (Å²) >= 11 is 0. The molecule has 0 spiro atoms. The number of morpholine rings is 1. The minimum Gasteiger partial charge on any atom is -0.375 e. The molecule has 4 rings (SSSR count). The average molecular weight is 423 g/mol. The third-order valence-corrected chi connectivity index (χ3v) is 4.93. The summed E-state index contributed by atoms with van der Waals surface area (Å²) in [5, 5.41) is 6.88. The number of pyridine rings is 1. The molecule has 1 unspecified atom stereocenters. The molecule has 9 heteroatoms. The van der Waals surface area contributed by atoms with Crippen molar-refractivity contribution in [3.05, 3.63) is 82.2 Å². The van der Waals surface area contributed by atoms with Gasteiger partial charge in [0.1, 0.15) is 17.3 Å². The Morgan fingerprint density at radius 1 is 1.19 bits per heavy atom. The van der Waals surface area contributed by atoms with E-state index in [0.29, 0.717) is 12.3 Å². The Morgan fingerprint density at radius 3 is 2.71 bits per heavy atom. The topological polar surface area (TPSA) is 89.4 Å². The second kappa shape index (κ2) is 9.05. The van der Waals surface area contributed by atoms with Gasteiger partial charge >= 0.3 is 0 Å². The predicted octanol–water partition coefficient (Wildman–Crippen LogP) is 1.92. The highest BCUT2D eigenvalue weighted by atomic mass is 19.1. The van der Waals surface area contributed by atoms with Gasteiger partial charge in [0.05, 0.1) is 18.4 Å². The Hall–Kier alpha value is -3.59. The maximum Gasteiger partial charge on any atom is 0.272 e. The largest absolute Gasteiger partial charge is 0.375 e. The number of ether oxygens (including phenoxy) is 1. The second-order valence-corrected chi connectivity index (χ2v) is 7.28. The van der Waals surface area contributed by atoms with E-state index in [2.05, 4.69) is 20.3 Å². The molecule has 8 nitrogen and oxygen atoms in total. The van der Waals surface area contributed by atoms with Crippen molar-refractivity contribution in [3.63, 3.8) is 0 Å². The van der Waals surface area contributed by atoms with E-state index in [-0.39, 0.29) is 18.3 Å². The van der Waals surface area contributed by atoms with Crippen LogP contribution < -0.4 is 15.8 Å². The second-order valence-electron chi connectivity index (χ2n) is 7.28. The van der Waals surface area contributed by atoms with Gasteiger partial charge in [-0.25, -0.2) is 9.37 Å². The summed E-state index contributed by atoms with van der Waals surface area (Å²) < 4.78 is 19.7. The van der Waals surface area contributed by atoms with Gasteiger partial charge in [0.15, 0.2) is 0 Å². The fourth-order valence-corrected chi connectivity index (χ4v) is 3.31. The lowest BCUT2D eigenvalue weighted by Crippen LogP contribution is -2.41. The normalized spacial score (nSPS) is 16.2. The molecule has 3 aromatic rings. The number of hydrogen-bond donors (Lipinski definition) is 1. The summed E-state index contributed by atoms with van der Waals surface area (Å²) in [4.78, 5) is 31.3. The third kappa shape index (κ3) is 4.95. The summed E-state index contributed by atoms with van der Waals surface area (Å²) in [6.07, 6.45) is 1.89. The SMILES string of the molecule is CC1CN(c2ccc(CNC(=O)c3ccc(=O)n(-c4ccc(F)cc4)n3)cn2)CCO1. The molecule has 3 heterocycles. The molecule has 0 aliphatic carbocycles. The van der Waals surface area contributed by atoms with E-state index >= 15 is 0 Å². The van der Waals surface area contributed by atoms with Crippen LogP contribution in [0.4, 0.5) is 10.2 Å². The molecule has 0 saturated carbocycles. The maximum atomic E-state index is 13.1. The number of rotatable bonds is 5. The van der Waals surface area contributed by atoms with Crippen molar-refractivity contribution >= 4 is 11.7 Å². The van der Waals surface area contributed by atoms with Crippen LogP contribution >= 0.6 is 0 Å². The average Bonchev–Trinajstić information content (AvgIpc) is 2.79. The van der Waals surface area contributed by atoms with Crippen LogP contribution in [0, 0.1) is 5.82 Å². The van der Waals surface area contributed by atoms with Crippen LogP contribution in [-0.2, 0) is 11.3 Å². The van der Waals surface area contributed by atoms with Gasteiger partial charge in [0, 0.05) is 31.9 Å². The van der Waals surface area contributed by atoms with E-state index in [1.54, 1.807) is 6.20 Å². The van der Waals surface area contributed by atoms with Gasteiger partial charge < -0.3 is 15.0 Å². The van der Waals surface area contributed by atoms with Crippen molar-refractivity contribution < 1.29 is 13.9 Å². The standard InChI is InChI=1S/C22H22FN5O3/c1-15-14-27(10-11-31-15)20-8-2-16(12-24-20)13-25-22(30)19-7-9-21(29)28(26-19)18-5-3-17(23)4-6-18/h2-9,12,15H,10-11,13-14H2,1H3,(H,25,30). The fourth-order valence-electron chi connectivity index (χ4n) is 3.31. The van der Waals surface area contributed by atoms with Crippen molar-refractivity contribution in [1.29, 1.82) is 0 Å². The molecule has 1 aliphatic rings. The van der Waals surface area contributed by atoms with E-state index in [9.17, 15) is 14.0 Å². The molecule has 0 radical (unpaired) electrons. The van der Waals surface area contributed by atoms with Gasteiger partial charge in [-0.05, 0) is 48.9 Å². The number of amides is 1. The first kappa shape index (κ1) is 20.7. The predicted molar refractivity (Wildman–Crippen MR) is 113 cm³/mol. The number of anilines is 1. The van der Waals surface area contributed by atoms with Crippen molar-refractivity contribution in [2.24, 2.45) is 0 Å². The van der Waals surface area contributed by atoms with Crippen molar-refractivity contribution in [1.82, 2.24) is 20.1 Å². The molecule has 1 aliphatic heterocycles. The van der Waals surface area contributed by atoms with Crippen LogP contribution in [0.5, 0.6) is 0 Å². The van der Waals surface area contributed by atoms with Gasteiger partial charge in [-0.2, -0.15) is 9.78 Å². The molecular formula is C22H22FN5O3. The number of carbonyl (C=O) groups excluding carboxylic acids is 1. The summed E-state index contributed by atoms with van der Waals surface area (Å²) in [6.45, 7) is 4.56. The highest BCUT2D eigenvalue weighted by Gasteiger charge is 2.18. The summed E-state index contributed by atoms with van der Waals surface area (Å²) in [5.74, 6) is 0.0219. The number of halogens is 1. The quantitative estimate of drug-likeness (QED) is 0.675. The molecule has 31 heavy (non-hydrogen) atoms. The Kier molecular flexibility index (Phi) is 6.03. The van der Waals surface area contributed by atoms with Gasteiger partial charge in [0.25, 0.3) is 11.5 Å². The van der Waals surface area contributed by atoms with E-state index in [1.807, 2.05) is 19.1 Å². The number of hydrogen-bond acceptors (Lipinski definition) is 6. The molecule has 1 saturated heterocycles. The zero-order valence-electron chi connectivity index (χ0n) is 17.0. The molecule has 1 atom stereocenters. The molecule has 1 N–H and O–H groups in total. The highest BCUT2D eigenvalue weighted by molar-refractivity contribution is 5.92. The lowest BCUT2D eigenvalue weighted by Gasteiger charge is -2.32. The molecule has 2 aromatic heterocycles. The smallest absolute Gasteiger partial charge is 0.272 e. The molecule has 1 aromatic carbocycles. The maximum absolute atomic E-state index is 13.1. The molecule has 1 amide bonds. The van der Waals surface area contributed by atoms with Gasteiger partial charge in [-0.1, -0.05) is 6.07 Å². The zero-order chi connectivity index (χ0) is 21.8. The van der Waals surface area contributed by atoms with E-state index < -0.39 is 17.3 Å². The van der Waals surface area contributed by atoms with Gasteiger partial charge in [-0.3, -0.25) is 9.59 Å². The van der Waals surface area contributed by atoms with Crippen LogP contribution in [0.15, 0.2) is 59.5 Å². The monoisotopic (exact) mass is 423 g/mol. The number of benzene rings is 1. The number of nitrogens with zero attached hydrogens (tertiary/aromatic N) is 4. The Balaban J connectivity index is 1.41.